The van der Waals surface area contributed by atoms with E-state index in [1.165, 1.54) is 0 Å². The Labute approximate surface area is 115 Å². The van der Waals surface area contributed by atoms with Crippen LogP contribution in [0.4, 0.5) is 5.95 Å². The van der Waals surface area contributed by atoms with Crippen LogP contribution in [0.1, 0.15) is 20.8 Å². The second-order valence-corrected chi connectivity index (χ2v) is 4.75. The molecule has 2 N–H and O–H groups in total. The Balaban J connectivity index is 0.00000289. The van der Waals surface area contributed by atoms with Crippen LogP contribution in [0, 0.1) is 11.8 Å². The Morgan fingerprint density at radius 1 is 1.44 bits per heavy atom. The highest BCUT2D eigenvalue weighted by Gasteiger charge is 2.14. The number of halogens is 1. The van der Waals surface area contributed by atoms with Crippen LogP contribution in [-0.2, 0) is 11.3 Å². The molecular weight excluding hydrogens is 252 g/mol. The Morgan fingerprint density at radius 3 is 2.67 bits per heavy atom. The van der Waals surface area contributed by atoms with Gasteiger partial charge >= 0.3 is 0 Å². The van der Waals surface area contributed by atoms with Gasteiger partial charge in [-0.15, -0.1) is 12.4 Å². The van der Waals surface area contributed by atoms with E-state index in [2.05, 4.69) is 29.5 Å². The van der Waals surface area contributed by atoms with Crippen molar-refractivity contribution in [3.8, 4) is 0 Å². The largest absolute Gasteiger partial charge is 0.319 e. The van der Waals surface area contributed by atoms with Crippen molar-refractivity contribution in [1.82, 2.24) is 14.9 Å². The van der Waals surface area contributed by atoms with Gasteiger partial charge in [0.25, 0.3) is 0 Å². The van der Waals surface area contributed by atoms with Gasteiger partial charge in [0, 0.05) is 31.4 Å². The third-order valence-electron chi connectivity index (χ3n) is 2.47. The number of carbonyl (C=O) groups is 1. The normalized spacial score (nSPS) is 12.1. The minimum Gasteiger partial charge on any atom is -0.319 e. The first-order valence-electron chi connectivity index (χ1n) is 6.01. The number of anilines is 1. The van der Waals surface area contributed by atoms with E-state index in [1.807, 2.05) is 24.7 Å². The highest BCUT2D eigenvalue weighted by molar-refractivity contribution is 5.90. The van der Waals surface area contributed by atoms with Crippen LogP contribution in [0.2, 0.25) is 0 Å². The maximum absolute atomic E-state index is 11.8. The van der Waals surface area contributed by atoms with E-state index in [9.17, 15) is 4.79 Å². The number of rotatable bonds is 6. The highest BCUT2D eigenvalue weighted by atomic mass is 35.5. The number of nitrogens with zero attached hydrogens (tertiary/aromatic N) is 2. The van der Waals surface area contributed by atoms with Crippen molar-refractivity contribution < 1.29 is 4.79 Å². The van der Waals surface area contributed by atoms with Crippen LogP contribution in [0.5, 0.6) is 0 Å². The summed E-state index contributed by atoms with van der Waals surface area (Å²) in [5, 5.41) is 5.84. The zero-order chi connectivity index (χ0) is 12.8. The van der Waals surface area contributed by atoms with Crippen molar-refractivity contribution >= 4 is 24.3 Å². The monoisotopic (exact) mass is 274 g/mol. The molecule has 0 aliphatic carbocycles. The standard InChI is InChI=1S/C12H22N4O.ClH/c1-9(2)8-16-6-5-14-12(16)15-11(17)10(3)7-13-4;/h5-6,9-10,13H,7-8H2,1-4H3,(H,14,15,17);1H. The molecule has 1 atom stereocenters. The molecule has 0 fully saturated rings. The second kappa shape index (κ2) is 8.11. The molecular formula is C12H23ClN4O. The summed E-state index contributed by atoms with van der Waals surface area (Å²) in [6.07, 6.45) is 3.60. The van der Waals surface area contributed by atoms with Gasteiger partial charge in [-0.05, 0) is 13.0 Å². The highest BCUT2D eigenvalue weighted by Crippen LogP contribution is 2.09. The van der Waals surface area contributed by atoms with Gasteiger partial charge in [0.15, 0.2) is 0 Å². The molecule has 0 spiro atoms. The van der Waals surface area contributed by atoms with Gasteiger partial charge in [-0.2, -0.15) is 0 Å². The van der Waals surface area contributed by atoms with E-state index in [0.717, 1.165) is 6.54 Å². The summed E-state index contributed by atoms with van der Waals surface area (Å²) in [6, 6.07) is 0. The minimum absolute atomic E-state index is 0. The third kappa shape index (κ3) is 5.06. The molecule has 0 bridgehead atoms. The molecule has 6 heteroatoms. The van der Waals surface area contributed by atoms with Crippen molar-refractivity contribution in [2.45, 2.75) is 27.3 Å². The van der Waals surface area contributed by atoms with Crippen LogP contribution in [-0.4, -0.2) is 29.1 Å². The van der Waals surface area contributed by atoms with Crippen molar-refractivity contribution in [2.24, 2.45) is 11.8 Å². The fourth-order valence-electron chi connectivity index (χ4n) is 1.61. The number of carbonyl (C=O) groups excluding carboxylic acids is 1. The van der Waals surface area contributed by atoms with E-state index in [-0.39, 0.29) is 24.2 Å². The Kier molecular flexibility index (Phi) is 7.62. The number of amides is 1. The number of aromatic nitrogens is 2. The molecule has 0 radical (unpaired) electrons. The lowest BCUT2D eigenvalue weighted by Crippen LogP contribution is -2.29. The number of imidazole rings is 1. The molecule has 18 heavy (non-hydrogen) atoms. The molecule has 0 aliphatic rings. The predicted molar refractivity (Wildman–Crippen MR) is 76.0 cm³/mol. The molecule has 1 unspecified atom stereocenters. The minimum atomic E-state index is -0.0656. The van der Waals surface area contributed by atoms with Crippen molar-refractivity contribution in [2.75, 3.05) is 18.9 Å². The Bertz CT molecular complexity index is 365. The van der Waals surface area contributed by atoms with Crippen LogP contribution in [0.15, 0.2) is 12.4 Å². The van der Waals surface area contributed by atoms with Gasteiger partial charge < -0.3 is 9.88 Å². The molecule has 0 saturated carbocycles. The predicted octanol–water partition coefficient (Wildman–Crippen LogP) is 1.75. The van der Waals surface area contributed by atoms with Crippen LogP contribution < -0.4 is 10.6 Å². The number of nitrogens with one attached hydrogen (secondary N) is 2. The molecule has 104 valence electrons. The molecule has 0 aromatic carbocycles. The van der Waals surface area contributed by atoms with Crippen LogP contribution in [0.3, 0.4) is 0 Å². The summed E-state index contributed by atoms with van der Waals surface area (Å²) >= 11 is 0. The average molecular weight is 275 g/mol. The molecule has 1 heterocycles. The first-order chi connectivity index (χ1) is 8.04. The second-order valence-electron chi connectivity index (χ2n) is 4.75. The quantitative estimate of drug-likeness (QED) is 0.831. The van der Waals surface area contributed by atoms with E-state index < -0.39 is 0 Å². The van der Waals surface area contributed by atoms with Crippen molar-refractivity contribution in [3.63, 3.8) is 0 Å². The smallest absolute Gasteiger partial charge is 0.230 e. The fourth-order valence-corrected chi connectivity index (χ4v) is 1.61. The Hall–Kier alpha value is -1.07. The van der Waals surface area contributed by atoms with E-state index in [1.54, 1.807) is 6.20 Å². The van der Waals surface area contributed by atoms with Crippen molar-refractivity contribution in [1.29, 1.82) is 0 Å². The average Bonchev–Trinajstić information content (AvgIpc) is 2.65. The number of hydrogen-bond acceptors (Lipinski definition) is 3. The summed E-state index contributed by atoms with van der Waals surface area (Å²) in [6.45, 7) is 7.68. The molecule has 0 saturated heterocycles. The fraction of sp³-hybridized carbons (Fsp3) is 0.667. The van der Waals surface area contributed by atoms with Gasteiger partial charge in [0.05, 0.1) is 0 Å². The van der Waals surface area contributed by atoms with Gasteiger partial charge in [0.2, 0.25) is 11.9 Å². The lowest BCUT2D eigenvalue weighted by Gasteiger charge is -2.13. The van der Waals surface area contributed by atoms with Gasteiger partial charge in [-0.25, -0.2) is 4.98 Å². The van der Waals surface area contributed by atoms with Gasteiger partial charge in [-0.3, -0.25) is 10.1 Å². The van der Waals surface area contributed by atoms with E-state index in [0.29, 0.717) is 18.4 Å². The maximum Gasteiger partial charge on any atom is 0.230 e. The van der Waals surface area contributed by atoms with Crippen LogP contribution >= 0.6 is 12.4 Å². The summed E-state index contributed by atoms with van der Waals surface area (Å²) in [4.78, 5) is 16.0. The van der Waals surface area contributed by atoms with Crippen LogP contribution in [0.25, 0.3) is 0 Å². The molecule has 0 aliphatic heterocycles. The van der Waals surface area contributed by atoms with Gasteiger partial charge in [-0.1, -0.05) is 20.8 Å². The summed E-state index contributed by atoms with van der Waals surface area (Å²) in [7, 11) is 1.84. The Morgan fingerprint density at radius 2 is 2.11 bits per heavy atom. The third-order valence-corrected chi connectivity index (χ3v) is 2.47. The SMILES string of the molecule is CNCC(C)C(=O)Nc1nccn1CC(C)C.Cl. The summed E-state index contributed by atoms with van der Waals surface area (Å²) in [5.41, 5.74) is 0. The molecule has 1 aromatic rings. The lowest BCUT2D eigenvalue weighted by atomic mass is 10.1. The topological polar surface area (TPSA) is 59.0 Å². The molecule has 1 aromatic heterocycles. The molecule has 1 amide bonds. The van der Waals surface area contributed by atoms with E-state index >= 15 is 0 Å². The molecule has 5 nitrogen and oxygen atoms in total. The first-order valence-corrected chi connectivity index (χ1v) is 6.01. The van der Waals surface area contributed by atoms with E-state index in [4.69, 9.17) is 0 Å². The zero-order valence-corrected chi connectivity index (χ0v) is 12.3. The number of hydrogen-bond donors (Lipinski definition) is 2. The lowest BCUT2D eigenvalue weighted by molar-refractivity contribution is -0.119. The van der Waals surface area contributed by atoms with Gasteiger partial charge in [0.1, 0.15) is 0 Å². The zero-order valence-electron chi connectivity index (χ0n) is 11.4. The summed E-state index contributed by atoms with van der Waals surface area (Å²) in [5.74, 6) is 1.08. The summed E-state index contributed by atoms with van der Waals surface area (Å²) < 4.78 is 1.97. The van der Waals surface area contributed by atoms with Crippen molar-refractivity contribution in [3.05, 3.63) is 12.4 Å². The first kappa shape index (κ1) is 16.9. The molecule has 1 rings (SSSR count). The maximum atomic E-state index is 11.8.